The monoisotopic (exact) mass is 481 g/mol. The van der Waals surface area contributed by atoms with E-state index in [2.05, 4.69) is 6.92 Å². The number of nitro groups is 1. The fourth-order valence-electron chi connectivity index (χ4n) is 3.98. The van der Waals surface area contributed by atoms with Gasteiger partial charge in [0.2, 0.25) is 0 Å². The Labute approximate surface area is 204 Å². The molecule has 1 atom stereocenters. The van der Waals surface area contributed by atoms with Crippen molar-refractivity contribution in [1.82, 2.24) is 9.80 Å². The number of aliphatic hydroxyl groups is 1. The lowest BCUT2D eigenvalue weighted by Gasteiger charge is -2.26. The topological polar surface area (TPSA) is 113 Å². The van der Waals surface area contributed by atoms with Gasteiger partial charge in [-0.1, -0.05) is 13.3 Å². The number of aliphatic hydroxyl groups excluding tert-OH is 1. The Morgan fingerprint density at radius 3 is 2.43 bits per heavy atom. The van der Waals surface area contributed by atoms with Crippen LogP contribution in [-0.2, 0) is 9.59 Å². The molecule has 1 aliphatic heterocycles. The largest absolute Gasteiger partial charge is 0.507 e. The maximum Gasteiger partial charge on any atom is 0.295 e. The zero-order valence-electron chi connectivity index (χ0n) is 20.5. The number of benzene rings is 2. The van der Waals surface area contributed by atoms with Crippen molar-refractivity contribution in [1.29, 1.82) is 0 Å². The Morgan fingerprint density at radius 1 is 1.17 bits per heavy atom. The SMILES string of the molecule is CCCCOc1ccc(C(O)=C2C(=O)C(=O)N(CCN(C)C)[C@@H]2c2ccc([N+](=O)[O-])cc2)cc1C. The van der Waals surface area contributed by atoms with Gasteiger partial charge >= 0.3 is 0 Å². The maximum atomic E-state index is 13.1. The molecule has 2 aromatic rings. The number of carbonyl (C=O) groups is 2. The Balaban J connectivity index is 2.06. The van der Waals surface area contributed by atoms with Crippen LogP contribution in [0.1, 0.15) is 42.5 Å². The lowest BCUT2D eigenvalue weighted by Crippen LogP contribution is -2.35. The molecule has 2 aromatic carbocycles. The third-order valence-electron chi connectivity index (χ3n) is 5.95. The van der Waals surface area contributed by atoms with Gasteiger partial charge in [0.05, 0.1) is 23.1 Å². The smallest absolute Gasteiger partial charge is 0.295 e. The highest BCUT2D eigenvalue weighted by Gasteiger charge is 2.46. The number of unbranched alkanes of at least 4 members (excludes halogenated alkanes) is 1. The van der Waals surface area contributed by atoms with Gasteiger partial charge in [-0.3, -0.25) is 19.7 Å². The van der Waals surface area contributed by atoms with Gasteiger partial charge in [-0.2, -0.15) is 0 Å². The molecule has 35 heavy (non-hydrogen) atoms. The number of rotatable bonds is 10. The fourth-order valence-corrected chi connectivity index (χ4v) is 3.98. The van der Waals surface area contributed by atoms with Crippen molar-refractivity contribution in [2.75, 3.05) is 33.8 Å². The highest BCUT2D eigenvalue weighted by Crippen LogP contribution is 2.40. The van der Waals surface area contributed by atoms with E-state index < -0.39 is 22.7 Å². The highest BCUT2D eigenvalue weighted by molar-refractivity contribution is 6.46. The summed E-state index contributed by atoms with van der Waals surface area (Å²) in [6.45, 7) is 5.26. The second-order valence-electron chi connectivity index (χ2n) is 8.83. The van der Waals surface area contributed by atoms with Crippen molar-refractivity contribution in [2.45, 2.75) is 32.7 Å². The summed E-state index contributed by atoms with van der Waals surface area (Å²) < 4.78 is 5.78. The van der Waals surface area contributed by atoms with Crippen molar-refractivity contribution in [3.8, 4) is 5.75 Å². The molecular weight excluding hydrogens is 450 g/mol. The van der Waals surface area contributed by atoms with E-state index in [0.29, 0.717) is 30.0 Å². The van der Waals surface area contributed by atoms with Crippen LogP contribution < -0.4 is 4.74 Å². The molecule has 1 heterocycles. The Bertz CT molecular complexity index is 1140. The zero-order chi connectivity index (χ0) is 25.7. The molecule has 0 saturated carbocycles. The summed E-state index contributed by atoms with van der Waals surface area (Å²) in [5, 5.41) is 22.3. The van der Waals surface area contributed by atoms with Gasteiger partial charge in [0, 0.05) is 30.8 Å². The van der Waals surface area contributed by atoms with Crippen LogP contribution in [0.5, 0.6) is 5.75 Å². The van der Waals surface area contributed by atoms with E-state index in [1.807, 2.05) is 25.9 Å². The number of Topliss-reactive ketones (excluding diaryl/α,β-unsaturated/α-hetero) is 1. The van der Waals surface area contributed by atoms with Crippen LogP contribution in [0.4, 0.5) is 5.69 Å². The molecule has 9 heteroatoms. The highest BCUT2D eigenvalue weighted by atomic mass is 16.6. The number of likely N-dealkylation sites (tertiary alicyclic amines) is 1. The first-order valence-electron chi connectivity index (χ1n) is 11.6. The molecule has 3 rings (SSSR count). The van der Waals surface area contributed by atoms with E-state index in [1.54, 1.807) is 18.2 Å². The Kier molecular flexibility index (Phi) is 8.24. The average molecular weight is 482 g/mol. The Morgan fingerprint density at radius 2 is 1.86 bits per heavy atom. The van der Waals surface area contributed by atoms with E-state index >= 15 is 0 Å². The van der Waals surface area contributed by atoms with Crippen molar-refractivity contribution < 1.29 is 24.4 Å². The van der Waals surface area contributed by atoms with Gasteiger partial charge in [0.1, 0.15) is 11.5 Å². The van der Waals surface area contributed by atoms with Crippen LogP contribution in [0.25, 0.3) is 5.76 Å². The lowest BCUT2D eigenvalue weighted by molar-refractivity contribution is -0.384. The number of ether oxygens (including phenoxy) is 1. The predicted octanol–water partition coefficient (Wildman–Crippen LogP) is 4.07. The van der Waals surface area contributed by atoms with E-state index in [0.717, 1.165) is 18.4 Å². The summed E-state index contributed by atoms with van der Waals surface area (Å²) in [6.07, 6.45) is 1.93. The Hall–Kier alpha value is -3.72. The first kappa shape index (κ1) is 25.9. The number of carbonyl (C=O) groups excluding carboxylic acids is 2. The van der Waals surface area contributed by atoms with Crippen LogP contribution in [0.15, 0.2) is 48.0 Å². The van der Waals surface area contributed by atoms with Crippen molar-refractivity contribution >= 4 is 23.1 Å². The summed E-state index contributed by atoms with van der Waals surface area (Å²) in [5.74, 6) is -1.10. The fraction of sp³-hybridized carbons (Fsp3) is 0.385. The quantitative estimate of drug-likeness (QED) is 0.136. The van der Waals surface area contributed by atoms with Crippen LogP contribution in [0.3, 0.4) is 0 Å². The number of nitrogens with zero attached hydrogens (tertiary/aromatic N) is 3. The molecule has 0 radical (unpaired) electrons. The van der Waals surface area contributed by atoms with Crippen LogP contribution >= 0.6 is 0 Å². The van der Waals surface area contributed by atoms with Crippen LogP contribution in [0.2, 0.25) is 0 Å². The average Bonchev–Trinajstić information content (AvgIpc) is 3.08. The number of hydrogen-bond donors (Lipinski definition) is 1. The molecule has 186 valence electrons. The molecule has 1 saturated heterocycles. The minimum absolute atomic E-state index is 0.0401. The third kappa shape index (κ3) is 5.68. The van der Waals surface area contributed by atoms with Gasteiger partial charge < -0.3 is 19.6 Å². The van der Waals surface area contributed by atoms with Gasteiger partial charge in [0.15, 0.2) is 0 Å². The van der Waals surface area contributed by atoms with Crippen molar-refractivity contribution in [2.24, 2.45) is 0 Å². The molecule has 9 nitrogen and oxygen atoms in total. The minimum Gasteiger partial charge on any atom is -0.507 e. The molecular formula is C26H31N3O6. The number of aryl methyl sites for hydroxylation is 1. The van der Waals surface area contributed by atoms with Gasteiger partial charge in [-0.05, 0) is 68.9 Å². The molecule has 1 N–H and O–H groups in total. The number of ketones is 1. The lowest BCUT2D eigenvalue weighted by atomic mass is 9.94. The predicted molar refractivity (Wildman–Crippen MR) is 132 cm³/mol. The van der Waals surface area contributed by atoms with Gasteiger partial charge in [-0.25, -0.2) is 0 Å². The summed E-state index contributed by atoms with van der Waals surface area (Å²) in [4.78, 5) is 40.0. The molecule has 0 bridgehead atoms. The first-order valence-corrected chi connectivity index (χ1v) is 11.6. The maximum absolute atomic E-state index is 13.1. The normalized spacial score (nSPS) is 17.3. The number of hydrogen-bond acceptors (Lipinski definition) is 7. The van der Waals surface area contributed by atoms with E-state index in [1.165, 1.54) is 29.2 Å². The molecule has 0 unspecified atom stereocenters. The number of likely N-dealkylation sites (N-methyl/N-ethyl adjacent to an activating group) is 1. The summed E-state index contributed by atoms with van der Waals surface area (Å²) in [5.41, 5.74) is 1.54. The number of nitro benzene ring substituents is 1. The summed E-state index contributed by atoms with van der Waals surface area (Å²) >= 11 is 0. The molecule has 0 aliphatic carbocycles. The number of non-ortho nitro benzene ring substituents is 1. The molecule has 0 aromatic heterocycles. The number of amides is 1. The van der Waals surface area contributed by atoms with Gasteiger partial charge in [-0.15, -0.1) is 0 Å². The molecule has 1 aliphatic rings. The third-order valence-corrected chi connectivity index (χ3v) is 5.95. The second kappa shape index (κ2) is 11.1. The molecule has 0 spiro atoms. The molecule has 1 amide bonds. The summed E-state index contributed by atoms with van der Waals surface area (Å²) in [6, 6.07) is 9.93. The van der Waals surface area contributed by atoms with Crippen molar-refractivity contribution in [3.05, 3.63) is 74.8 Å². The second-order valence-corrected chi connectivity index (χ2v) is 8.83. The first-order chi connectivity index (χ1) is 16.6. The van der Waals surface area contributed by atoms with E-state index in [9.17, 15) is 24.8 Å². The van der Waals surface area contributed by atoms with Crippen LogP contribution in [0, 0.1) is 17.0 Å². The zero-order valence-corrected chi connectivity index (χ0v) is 20.5. The van der Waals surface area contributed by atoms with E-state index in [4.69, 9.17) is 4.74 Å². The van der Waals surface area contributed by atoms with E-state index in [-0.39, 0.29) is 23.6 Å². The van der Waals surface area contributed by atoms with Gasteiger partial charge in [0.25, 0.3) is 17.4 Å². The minimum atomic E-state index is -0.864. The summed E-state index contributed by atoms with van der Waals surface area (Å²) in [7, 11) is 3.70. The van der Waals surface area contributed by atoms with Crippen LogP contribution in [-0.4, -0.2) is 65.3 Å². The molecule has 1 fully saturated rings. The standard InChI is InChI=1S/C26H31N3O6/c1-5-6-15-35-21-12-9-19(16-17(21)2)24(30)22-23(18-7-10-20(11-8-18)29(33)34)28(14-13-27(3)4)26(32)25(22)31/h7-12,16,23,30H,5-6,13-15H2,1-4H3/t23-/m1/s1. The van der Waals surface area contributed by atoms with Crippen molar-refractivity contribution in [3.63, 3.8) is 0 Å².